The van der Waals surface area contributed by atoms with Crippen LogP contribution in [0.4, 0.5) is 0 Å². The van der Waals surface area contributed by atoms with Gasteiger partial charge in [-0.1, -0.05) is 15.9 Å². The number of nitrogens with one attached hydrogen (secondary N) is 2. The van der Waals surface area contributed by atoms with E-state index in [2.05, 4.69) is 26.6 Å². The van der Waals surface area contributed by atoms with Crippen LogP contribution in [0.1, 0.15) is 32.4 Å². The van der Waals surface area contributed by atoms with E-state index in [4.69, 9.17) is 26.4 Å². The average Bonchev–Trinajstić information content (AvgIpc) is 2.60. The fraction of sp³-hybridized carbons (Fsp3) is 0.389. The third-order valence-corrected chi connectivity index (χ3v) is 4.41. The van der Waals surface area contributed by atoms with Crippen molar-refractivity contribution in [2.45, 2.75) is 26.8 Å². The first-order valence-corrected chi connectivity index (χ1v) is 9.60. The first kappa shape index (κ1) is 21.2. The fourth-order valence-corrected chi connectivity index (χ4v) is 3.27. The van der Waals surface area contributed by atoms with E-state index in [-0.39, 0.29) is 19.8 Å². The molecule has 27 heavy (non-hydrogen) atoms. The molecule has 1 heterocycles. The monoisotopic (exact) mass is 456 g/mol. The van der Waals surface area contributed by atoms with Crippen molar-refractivity contribution in [3.8, 4) is 5.75 Å². The Hall–Kier alpha value is -2.13. The van der Waals surface area contributed by atoms with Gasteiger partial charge in [0.05, 0.1) is 24.8 Å². The number of hydrogen-bond acceptors (Lipinski definition) is 6. The number of allylic oxidation sites excluding steroid dienone is 1. The quantitative estimate of drug-likeness (QED) is 0.478. The first-order chi connectivity index (χ1) is 12.9. The Morgan fingerprint density at radius 2 is 1.93 bits per heavy atom. The van der Waals surface area contributed by atoms with E-state index in [0.29, 0.717) is 27.7 Å². The Labute approximate surface area is 171 Å². The van der Waals surface area contributed by atoms with Gasteiger partial charge < -0.3 is 24.8 Å². The molecule has 1 aliphatic rings. The van der Waals surface area contributed by atoms with Gasteiger partial charge in [0.25, 0.3) is 0 Å². The molecule has 1 atom stereocenters. The number of ether oxygens (including phenoxy) is 3. The molecule has 9 heteroatoms. The van der Waals surface area contributed by atoms with E-state index < -0.39 is 18.0 Å². The molecule has 146 valence electrons. The third kappa shape index (κ3) is 5.43. The van der Waals surface area contributed by atoms with Gasteiger partial charge in [0.1, 0.15) is 5.75 Å². The Morgan fingerprint density at radius 3 is 2.59 bits per heavy atom. The van der Waals surface area contributed by atoms with Crippen LogP contribution < -0.4 is 15.4 Å². The SMILES string of the molecule is CCOC(=O)COc1ccc(Br)cc1[C@@H]1NC(=S)NC(C)=C1C(=O)OCC. The van der Waals surface area contributed by atoms with E-state index in [0.717, 1.165) is 4.47 Å². The van der Waals surface area contributed by atoms with Crippen molar-refractivity contribution in [2.75, 3.05) is 19.8 Å². The largest absolute Gasteiger partial charge is 0.482 e. The summed E-state index contributed by atoms with van der Waals surface area (Å²) in [4.78, 5) is 24.2. The minimum Gasteiger partial charge on any atom is -0.482 e. The molecule has 0 amide bonds. The van der Waals surface area contributed by atoms with Crippen molar-refractivity contribution in [3.63, 3.8) is 0 Å². The smallest absolute Gasteiger partial charge is 0.344 e. The molecule has 0 spiro atoms. The Morgan fingerprint density at radius 1 is 1.22 bits per heavy atom. The highest BCUT2D eigenvalue weighted by Gasteiger charge is 2.33. The van der Waals surface area contributed by atoms with E-state index in [1.165, 1.54) is 0 Å². The third-order valence-electron chi connectivity index (χ3n) is 3.70. The van der Waals surface area contributed by atoms with Gasteiger partial charge in [-0.3, -0.25) is 0 Å². The van der Waals surface area contributed by atoms with Crippen LogP contribution in [0.5, 0.6) is 5.75 Å². The maximum atomic E-state index is 12.5. The molecule has 2 N–H and O–H groups in total. The number of benzene rings is 1. The summed E-state index contributed by atoms with van der Waals surface area (Å²) < 4.78 is 16.5. The van der Waals surface area contributed by atoms with E-state index in [1.807, 2.05) is 0 Å². The summed E-state index contributed by atoms with van der Waals surface area (Å²) in [5, 5.41) is 6.40. The van der Waals surface area contributed by atoms with Gasteiger partial charge in [0.15, 0.2) is 11.7 Å². The number of esters is 2. The van der Waals surface area contributed by atoms with E-state index >= 15 is 0 Å². The Bertz CT molecular complexity index is 781. The number of carbonyl (C=O) groups excluding carboxylic acids is 2. The van der Waals surface area contributed by atoms with Crippen molar-refractivity contribution in [3.05, 3.63) is 39.5 Å². The number of carbonyl (C=O) groups is 2. The van der Waals surface area contributed by atoms with Crippen molar-refractivity contribution in [1.29, 1.82) is 0 Å². The highest BCUT2D eigenvalue weighted by Crippen LogP contribution is 2.35. The molecule has 0 saturated carbocycles. The second-order valence-corrected chi connectivity index (χ2v) is 6.89. The lowest BCUT2D eigenvalue weighted by molar-refractivity contribution is -0.145. The zero-order chi connectivity index (χ0) is 20.0. The molecule has 7 nitrogen and oxygen atoms in total. The zero-order valence-corrected chi connectivity index (χ0v) is 17.7. The lowest BCUT2D eigenvalue weighted by Crippen LogP contribution is -2.45. The van der Waals surface area contributed by atoms with Crippen LogP contribution in [-0.2, 0) is 19.1 Å². The Kier molecular flexibility index (Phi) is 7.61. The molecular weight excluding hydrogens is 436 g/mol. The predicted molar refractivity (Wildman–Crippen MR) is 107 cm³/mol. The minimum atomic E-state index is -0.590. The van der Waals surface area contributed by atoms with Crippen molar-refractivity contribution in [1.82, 2.24) is 10.6 Å². The van der Waals surface area contributed by atoms with Crippen LogP contribution in [0.25, 0.3) is 0 Å². The van der Waals surface area contributed by atoms with Gasteiger partial charge in [0.2, 0.25) is 0 Å². The molecule has 0 radical (unpaired) electrons. The second-order valence-electron chi connectivity index (χ2n) is 5.57. The maximum Gasteiger partial charge on any atom is 0.344 e. The Balaban J connectivity index is 2.42. The molecule has 0 bridgehead atoms. The average molecular weight is 457 g/mol. The predicted octanol–water partition coefficient (Wildman–Crippen LogP) is 2.75. The van der Waals surface area contributed by atoms with E-state index in [1.54, 1.807) is 39.0 Å². The molecule has 1 aromatic carbocycles. The number of rotatable bonds is 7. The molecule has 1 aliphatic heterocycles. The summed E-state index contributed by atoms with van der Waals surface area (Å²) in [5.74, 6) is -0.501. The van der Waals surface area contributed by atoms with Crippen LogP contribution >= 0.6 is 28.1 Å². The molecule has 0 fully saturated rings. The summed E-state index contributed by atoms with van der Waals surface area (Å²) in [5.41, 5.74) is 1.63. The molecule has 2 rings (SSSR count). The van der Waals surface area contributed by atoms with Crippen molar-refractivity contribution in [2.24, 2.45) is 0 Å². The lowest BCUT2D eigenvalue weighted by atomic mass is 9.95. The van der Waals surface area contributed by atoms with Gasteiger partial charge >= 0.3 is 11.9 Å². The van der Waals surface area contributed by atoms with Crippen LogP contribution in [-0.4, -0.2) is 36.9 Å². The highest BCUT2D eigenvalue weighted by molar-refractivity contribution is 9.10. The number of hydrogen-bond donors (Lipinski definition) is 2. The normalized spacial score (nSPS) is 16.3. The second kappa shape index (κ2) is 9.70. The van der Waals surface area contributed by atoms with Crippen LogP contribution in [0.15, 0.2) is 33.9 Å². The molecule has 0 aromatic heterocycles. The van der Waals surface area contributed by atoms with Gasteiger partial charge in [-0.2, -0.15) is 0 Å². The van der Waals surface area contributed by atoms with Crippen LogP contribution in [0, 0.1) is 0 Å². The van der Waals surface area contributed by atoms with Gasteiger partial charge in [-0.25, -0.2) is 9.59 Å². The van der Waals surface area contributed by atoms with E-state index in [9.17, 15) is 9.59 Å². The summed E-state index contributed by atoms with van der Waals surface area (Å²) >= 11 is 8.68. The summed E-state index contributed by atoms with van der Waals surface area (Å²) in [6.45, 7) is 5.50. The van der Waals surface area contributed by atoms with Crippen LogP contribution in [0.3, 0.4) is 0 Å². The molecule has 0 unspecified atom stereocenters. The number of thiocarbonyl (C=S) groups is 1. The summed E-state index contributed by atoms with van der Waals surface area (Å²) in [7, 11) is 0. The minimum absolute atomic E-state index is 0.241. The summed E-state index contributed by atoms with van der Waals surface area (Å²) in [6, 6.07) is 4.71. The topological polar surface area (TPSA) is 85.9 Å². The van der Waals surface area contributed by atoms with Gasteiger partial charge in [0, 0.05) is 15.7 Å². The molecule has 1 aromatic rings. The van der Waals surface area contributed by atoms with Gasteiger partial charge in [-0.15, -0.1) is 0 Å². The first-order valence-electron chi connectivity index (χ1n) is 8.40. The van der Waals surface area contributed by atoms with Crippen LogP contribution in [0.2, 0.25) is 0 Å². The summed E-state index contributed by atoms with van der Waals surface area (Å²) in [6.07, 6.45) is 0. The van der Waals surface area contributed by atoms with Crippen molar-refractivity contribution < 1.29 is 23.8 Å². The van der Waals surface area contributed by atoms with Gasteiger partial charge in [-0.05, 0) is 51.2 Å². The molecule has 0 saturated heterocycles. The molecular formula is C18H21BrN2O5S. The fourth-order valence-electron chi connectivity index (χ4n) is 2.62. The maximum absolute atomic E-state index is 12.5. The number of halogens is 1. The molecule has 0 aliphatic carbocycles. The lowest BCUT2D eigenvalue weighted by Gasteiger charge is -2.30. The standard InChI is InChI=1S/C18H21BrN2O5S/c1-4-24-14(22)9-26-13-7-6-11(19)8-12(13)16-15(17(23)25-5-2)10(3)20-18(27)21-16/h6-8,16H,4-5,9H2,1-3H3,(H2,20,21,27)/t16-/m0/s1. The van der Waals surface area contributed by atoms with Crippen molar-refractivity contribution >= 4 is 45.2 Å². The zero-order valence-electron chi connectivity index (χ0n) is 15.3. The highest BCUT2D eigenvalue weighted by atomic mass is 79.9.